The lowest BCUT2D eigenvalue weighted by Gasteiger charge is -2.06. The van der Waals surface area contributed by atoms with Crippen LogP contribution in [0.4, 0.5) is 0 Å². The zero-order chi connectivity index (χ0) is 14.5. The molecule has 0 aliphatic heterocycles. The van der Waals surface area contributed by atoms with E-state index >= 15 is 0 Å². The Bertz CT molecular complexity index is 613. The minimum atomic E-state index is -0.457. The van der Waals surface area contributed by atoms with E-state index in [1.165, 1.54) is 31.6 Å². The van der Waals surface area contributed by atoms with Crippen LogP contribution in [0.3, 0.4) is 0 Å². The molecule has 2 aromatic rings. The molecule has 0 spiro atoms. The number of carbonyl (C=O) groups is 2. The van der Waals surface area contributed by atoms with E-state index in [0.29, 0.717) is 6.61 Å². The second-order valence-corrected chi connectivity index (χ2v) is 4.28. The van der Waals surface area contributed by atoms with E-state index in [1.54, 1.807) is 12.1 Å². The summed E-state index contributed by atoms with van der Waals surface area (Å²) in [6.07, 6.45) is 1.02. The van der Waals surface area contributed by atoms with Gasteiger partial charge in [-0.05, 0) is 29.8 Å². The summed E-state index contributed by atoms with van der Waals surface area (Å²) in [7, 11) is 1.54. The van der Waals surface area contributed by atoms with Crippen LogP contribution in [-0.2, 0) is 11.3 Å². The molecule has 0 saturated heterocycles. The molecule has 0 aliphatic carbocycles. The van der Waals surface area contributed by atoms with Crippen molar-refractivity contribution in [2.75, 3.05) is 7.11 Å². The van der Waals surface area contributed by atoms with Crippen molar-refractivity contribution >= 4 is 11.6 Å². The van der Waals surface area contributed by atoms with Crippen LogP contribution in [-0.4, -0.2) is 23.8 Å². The smallest absolute Gasteiger partial charge is 0.205 e. The Kier molecular flexibility index (Phi) is 4.32. The predicted octanol–water partition coefficient (Wildman–Crippen LogP) is 2.59. The van der Waals surface area contributed by atoms with Gasteiger partial charge < -0.3 is 14.3 Å². The maximum absolute atomic E-state index is 12.1. The number of benzene rings is 1. The van der Waals surface area contributed by atoms with Gasteiger partial charge in [-0.3, -0.25) is 9.59 Å². The van der Waals surface area contributed by atoms with Crippen molar-refractivity contribution in [1.82, 2.24) is 0 Å². The molecule has 0 radical (unpaired) electrons. The molecule has 1 aromatic heterocycles. The van der Waals surface area contributed by atoms with Crippen LogP contribution in [0.1, 0.15) is 32.9 Å². The summed E-state index contributed by atoms with van der Waals surface area (Å²) in [5.41, 5.74) is 0.860. The highest BCUT2D eigenvalue weighted by Gasteiger charge is 2.18. The Balaban J connectivity index is 2.16. The largest absolute Gasteiger partial charge is 0.507 e. The number of phenols is 1. The first-order valence-electron chi connectivity index (χ1n) is 6.02. The quantitative estimate of drug-likeness (QED) is 0.647. The highest BCUT2D eigenvalue weighted by Crippen LogP contribution is 2.21. The van der Waals surface area contributed by atoms with E-state index in [1.807, 2.05) is 0 Å². The average Bonchev–Trinajstić information content (AvgIpc) is 2.95. The van der Waals surface area contributed by atoms with Crippen LogP contribution in [0.15, 0.2) is 41.0 Å². The fourth-order valence-corrected chi connectivity index (χ4v) is 1.83. The van der Waals surface area contributed by atoms with E-state index in [-0.39, 0.29) is 23.5 Å². The molecule has 0 fully saturated rings. The molecule has 0 bridgehead atoms. The molecule has 0 aliphatic rings. The maximum Gasteiger partial charge on any atom is 0.205 e. The third-order valence-corrected chi connectivity index (χ3v) is 2.79. The highest BCUT2D eigenvalue weighted by atomic mass is 16.5. The van der Waals surface area contributed by atoms with E-state index in [2.05, 4.69) is 0 Å². The SMILES string of the molecule is COCc1ccc(O)c(C(=O)CC(=O)c2ccco2)c1. The first-order chi connectivity index (χ1) is 9.61. The van der Waals surface area contributed by atoms with Gasteiger partial charge in [0, 0.05) is 7.11 Å². The molecular weight excluding hydrogens is 260 g/mol. The normalized spacial score (nSPS) is 10.4. The molecule has 20 heavy (non-hydrogen) atoms. The lowest BCUT2D eigenvalue weighted by Crippen LogP contribution is -2.08. The minimum Gasteiger partial charge on any atom is -0.507 e. The Hall–Kier alpha value is -2.40. The number of carbonyl (C=O) groups excluding carboxylic acids is 2. The number of hydrogen-bond donors (Lipinski definition) is 1. The third kappa shape index (κ3) is 3.13. The lowest BCUT2D eigenvalue weighted by molar-refractivity contribution is 0.0877. The zero-order valence-corrected chi connectivity index (χ0v) is 11.0. The molecule has 1 heterocycles. The van der Waals surface area contributed by atoms with Crippen molar-refractivity contribution in [3.63, 3.8) is 0 Å². The van der Waals surface area contributed by atoms with Gasteiger partial charge in [0.05, 0.1) is 24.9 Å². The number of ketones is 2. The molecule has 0 unspecified atom stereocenters. The number of ether oxygens (including phenoxy) is 1. The van der Waals surface area contributed by atoms with Crippen molar-refractivity contribution in [2.24, 2.45) is 0 Å². The van der Waals surface area contributed by atoms with Gasteiger partial charge in [0.25, 0.3) is 0 Å². The molecule has 0 atom stereocenters. The monoisotopic (exact) mass is 274 g/mol. The summed E-state index contributed by atoms with van der Waals surface area (Å²) in [5, 5.41) is 9.72. The minimum absolute atomic E-state index is 0.111. The van der Waals surface area contributed by atoms with Gasteiger partial charge in [0.1, 0.15) is 5.75 Å². The van der Waals surface area contributed by atoms with Crippen molar-refractivity contribution in [1.29, 1.82) is 0 Å². The Morgan fingerprint density at radius 2 is 2.05 bits per heavy atom. The standard InChI is InChI=1S/C15H14O5/c1-19-9-10-4-5-12(16)11(7-10)13(17)8-14(18)15-3-2-6-20-15/h2-7,16H,8-9H2,1H3. The molecule has 1 N–H and O–H groups in total. The summed E-state index contributed by atoms with van der Waals surface area (Å²) in [4.78, 5) is 23.9. The van der Waals surface area contributed by atoms with E-state index in [4.69, 9.17) is 9.15 Å². The Labute approximate surface area is 115 Å². The van der Waals surface area contributed by atoms with Crippen molar-refractivity contribution < 1.29 is 23.8 Å². The Morgan fingerprint density at radius 1 is 1.25 bits per heavy atom. The van der Waals surface area contributed by atoms with Gasteiger partial charge in [-0.25, -0.2) is 0 Å². The number of aromatic hydroxyl groups is 1. The lowest BCUT2D eigenvalue weighted by atomic mass is 10.0. The highest BCUT2D eigenvalue weighted by molar-refractivity contribution is 6.13. The van der Waals surface area contributed by atoms with E-state index in [0.717, 1.165) is 5.56 Å². The summed E-state index contributed by atoms with van der Waals surface area (Å²) in [6, 6.07) is 7.67. The van der Waals surface area contributed by atoms with Crippen molar-refractivity contribution in [3.8, 4) is 5.75 Å². The Morgan fingerprint density at radius 3 is 2.70 bits per heavy atom. The molecule has 0 amide bonds. The number of phenolic OH excluding ortho intramolecular Hbond substituents is 1. The summed E-state index contributed by atoms with van der Waals surface area (Å²) >= 11 is 0. The molecular formula is C15H14O5. The van der Waals surface area contributed by atoms with Gasteiger partial charge in [0.2, 0.25) is 5.78 Å². The molecule has 0 saturated carbocycles. The van der Waals surface area contributed by atoms with Gasteiger partial charge in [-0.1, -0.05) is 6.07 Å². The number of Topliss-reactive ketones (excluding diaryl/α,β-unsaturated/α-hetero) is 2. The van der Waals surface area contributed by atoms with Crippen LogP contribution in [0.5, 0.6) is 5.75 Å². The van der Waals surface area contributed by atoms with Crippen LogP contribution in [0.25, 0.3) is 0 Å². The van der Waals surface area contributed by atoms with Gasteiger partial charge in [-0.15, -0.1) is 0 Å². The van der Waals surface area contributed by atoms with Crippen LogP contribution in [0.2, 0.25) is 0 Å². The fraction of sp³-hybridized carbons (Fsp3) is 0.200. The molecule has 5 heteroatoms. The summed E-state index contributed by atoms with van der Waals surface area (Å²) < 4.78 is 9.91. The molecule has 2 rings (SSSR count). The first kappa shape index (κ1) is 14.0. The maximum atomic E-state index is 12.1. The topological polar surface area (TPSA) is 76.7 Å². The molecule has 5 nitrogen and oxygen atoms in total. The summed E-state index contributed by atoms with van der Waals surface area (Å²) in [6.45, 7) is 0.326. The van der Waals surface area contributed by atoms with E-state index < -0.39 is 11.6 Å². The summed E-state index contributed by atoms with van der Waals surface area (Å²) in [5.74, 6) is -0.897. The second-order valence-electron chi connectivity index (χ2n) is 4.28. The van der Waals surface area contributed by atoms with Gasteiger partial charge >= 0.3 is 0 Å². The average molecular weight is 274 g/mol. The number of furan rings is 1. The van der Waals surface area contributed by atoms with Crippen molar-refractivity contribution in [3.05, 3.63) is 53.5 Å². The van der Waals surface area contributed by atoms with Crippen LogP contribution < -0.4 is 0 Å². The molecule has 104 valence electrons. The zero-order valence-electron chi connectivity index (χ0n) is 11.0. The molecule has 1 aromatic carbocycles. The second kappa shape index (κ2) is 6.16. The number of hydrogen-bond acceptors (Lipinski definition) is 5. The fourth-order valence-electron chi connectivity index (χ4n) is 1.83. The van der Waals surface area contributed by atoms with Crippen LogP contribution >= 0.6 is 0 Å². The number of methoxy groups -OCH3 is 1. The number of rotatable bonds is 6. The van der Waals surface area contributed by atoms with Crippen molar-refractivity contribution in [2.45, 2.75) is 13.0 Å². The van der Waals surface area contributed by atoms with Crippen LogP contribution in [0, 0.1) is 0 Å². The third-order valence-electron chi connectivity index (χ3n) is 2.79. The predicted molar refractivity (Wildman–Crippen MR) is 70.8 cm³/mol. The first-order valence-corrected chi connectivity index (χ1v) is 6.02. The van der Waals surface area contributed by atoms with E-state index in [9.17, 15) is 14.7 Å². The van der Waals surface area contributed by atoms with Gasteiger partial charge in [0.15, 0.2) is 11.5 Å². The van der Waals surface area contributed by atoms with Gasteiger partial charge in [-0.2, -0.15) is 0 Å².